The summed E-state index contributed by atoms with van der Waals surface area (Å²) in [5.74, 6) is -3.04. The van der Waals surface area contributed by atoms with Crippen molar-refractivity contribution in [2.75, 3.05) is 54.6 Å². The van der Waals surface area contributed by atoms with E-state index in [9.17, 15) is 14.0 Å². The van der Waals surface area contributed by atoms with Crippen LogP contribution in [0, 0.1) is 24.5 Å². The fourth-order valence-corrected chi connectivity index (χ4v) is 6.71. The van der Waals surface area contributed by atoms with Crippen LogP contribution in [-0.2, 0) is 24.5 Å². The molecule has 52 heavy (non-hydrogen) atoms. The first-order chi connectivity index (χ1) is 25.0. The summed E-state index contributed by atoms with van der Waals surface area (Å²) in [4.78, 5) is 36.9. The summed E-state index contributed by atoms with van der Waals surface area (Å²) in [5.41, 5.74) is 7.51. The van der Waals surface area contributed by atoms with Crippen molar-refractivity contribution in [2.24, 2.45) is 5.92 Å². The molecule has 3 aromatic carbocycles. The monoisotopic (exact) mass is 707 g/mol. The number of hydrogen-bond donors (Lipinski definition) is 1. The number of esters is 1. The molecule has 1 unspecified atom stereocenters. The number of carbonyl (C=O) groups excluding carboxylic acids is 2. The molecule has 270 valence electrons. The van der Waals surface area contributed by atoms with Gasteiger partial charge in [0.15, 0.2) is 0 Å². The highest BCUT2D eigenvalue weighted by Crippen LogP contribution is 2.49. The van der Waals surface area contributed by atoms with E-state index in [-0.39, 0.29) is 23.5 Å². The zero-order chi connectivity index (χ0) is 37.0. The van der Waals surface area contributed by atoms with Crippen LogP contribution >= 0.6 is 0 Å². The van der Waals surface area contributed by atoms with Crippen molar-refractivity contribution < 1.29 is 27.8 Å². The van der Waals surface area contributed by atoms with E-state index in [1.807, 2.05) is 24.3 Å². The summed E-state index contributed by atoms with van der Waals surface area (Å²) in [5, 5.41) is 3.16. The Morgan fingerprint density at radius 3 is 2.42 bits per heavy atom. The molecule has 2 aliphatic rings. The van der Waals surface area contributed by atoms with Crippen LogP contribution in [0.5, 0.6) is 0 Å². The van der Waals surface area contributed by atoms with Gasteiger partial charge in [0.2, 0.25) is 5.91 Å². The van der Waals surface area contributed by atoms with Crippen molar-refractivity contribution in [3.8, 4) is 11.4 Å². The summed E-state index contributed by atoms with van der Waals surface area (Å²) in [7, 11) is 0. The number of anilines is 4. The van der Waals surface area contributed by atoms with Crippen LogP contribution < -0.4 is 15.1 Å². The molecule has 2 aliphatic heterocycles. The van der Waals surface area contributed by atoms with Crippen molar-refractivity contribution in [3.05, 3.63) is 108 Å². The minimum absolute atomic E-state index is 0.0497. The number of amides is 1. The number of halogens is 2. The number of pyridine rings is 2. The van der Waals surface area contributed by atoms with Gasteiger partial charge < -0.3 is 24.6 Å². The number of rotatable bonds is 7. The number of aromatic nitrogens is 2. The highest BCUT2D eigenvalue weighted by Gasteiger charge is 2.38. The maximum absolute atomic E-state index is 15.1. The highest BCUT2D eigenvalue weighted by atomic mass is 19.1. The third-order valence-corrected chi connectivity index (χ3v) is 9.45. The Morgan fingerprint density at radius 2 is 1.71 bits per heavy atom. The van der Waals surface area contributed by atoms with E-state index < -0.39 is 23.6 Å². The molecule has 1 amide bonds. The smallest absolute Gasteiger partial charge is 0.318 e. The molecule has 0 bridgehead atoms. The number of morpholine rings is 1. The zero-order valence-electron chi connectivity index (χ0n) is 30.1. The van der Waals surface area contributed by atoms with Crippen LogP contribution in [0.15, 0.2) is 85.1 Å². The predicted molar refractivity (Wildman–Crippen MR) is 200 cm³/mol. The van der Waals surface area contributed by atoms with Crippen molar-refractivity contribution in [1.82, 2.24) is 9.97 Å². The highest BCUT2D eigenvalue weighted by molar-refractivity contribution is 6.04. The number of benzene rings is 3. The van der Waals surface area contributed by atoms with Crippen LogP contribution in [0.3, 0.4) is 0 Å². The van der Waals surface area contributed by atoms with Gasteiger partial charge in [-0.05, 0) is 68.8 Å². The van der Waals surface area contributed by atoms with E-state index in [2.05, 4.69) is 59.1 Å². The van der Waals surface area contributed by atoms with Crippen LogP contribution in [0.25, 0.3) is 22.3 Å². The van der Waals surface area contributed by atoms with Crippen LogP contribution in [-0.4, -0.2) is 61.3 Å². The Balaban J connectivity index is 0.000000231. The van der Waals surface area contributed by atoms with Crippen LogP contribution in [0.4, 0.5) is 31.5 Å². The fraction of sp³-hybridized carbons (Fsp3) is 0.317. The summed E-state index contributed by atoms with van der Waals surface area (Å²) >= 11 is 0. The lowest BCUT2D eigenvalue weighted by molar-refractivity contribution is -0.150. The normalized spacial score (nSPS) is 15.4. The lowest BCUT2D eigenvalue weighted by Gasteiger charge is -2.30. The van der Waals surface area contributed by atoms with E-state index in [1.54, 1.807) is 25.3 Å². The van der Waals surface area contributed by atoms with Gasteiger partial charge in [0.1, 0.15) is 23.1 Å². The maximum Gasteiger partial charge on any atom is 0.318 e. The Labute approximate surface area is 302 Å². The maximum atomic E-state index is 15.1. The lowest BCUT2D eigenvalue weighted by Crippen LogP contribution is -2.36. The molecule has 0 spiro atoms. The first kappa shape index (κ1) is 36.4. The Bertz CT molecular complexity index is 2090. The number of ether oxygens (including phenoxy) is 2. The number of nitrogens with one attached hydrogen (secondary N) is 1. The third-order valence-electron chi connectivity index (χ3n) is 9.45. The third kappa shape index (κ3) is 7.45. The Kier molecular flexibility index (Phi) is 10.8. The van der Waals surface area contributed by atoms with E-state index in [0.29, 0.717) is 11.2 Å². The van der Waals surface area contributed by atoms with Crippen LogP contribution in [0.2, 0.25) is 0 Å². The Morgan fingerprint density at radius 1 is 0.981 bits per heavy atom. The minimum Gasteiger partial charge on any atom is -0.465 e. The average Bonchev–Trinajstić information content (AvgIpc) is 3.42. The summed E-state index contributed by atoms with van der Waals surface area (Å²) < 4.78 is 38.6. The predicted octanol–water partition coefficient (Wildman–Crippen LogP) is 7.97. The first-order valence-electron chi connectivity index (χ1n) is 17.5. The summed E-state index contributed by atoms with van der Waals surface area (Å²) in [6.45, 7) is 14.0. The van der Waals surface area contributed by atoms with Gasteiger partial charge in [-0.3, -0.25) is 14.6 Å². The largest absolute Gasteiger partial charge is 0.465 e. The molecule has 9 nitrogen and oxygen atoms in total. The van der Waals surface area contributed by atoms with Gasteiger partial charge in [-0.2, -0.15) is 0 Å². The second-order valence-corrected chi connectivity index (χ2v) is 13.5. The molecule has 4 heterocycles. The second kappa shape index (κ2) is 15.4. The molecule has 11 heteroatoms. The molecule has 0 saturated carbocycles. The van der Waals surface area contributed by atoms with Crippen molar-refractivity contribution in [1.29, 1.82) is 0 Å². The number of hydrogen-bond acceptors (Lipinski definition) is 8. The van der Waals surface area contributed by atoms with Gasteiger partial charge in [0.05, 0.1) is 42.6 Å². The van der Waals surface area contributed by atoms with Crippen molar-refractivity contribution >= 4 is 45.5 Å². The van der Waals surface area contributed by atoms with E-state index in [0.717, 1.165) is 55.2 Å². The molecule has 1 saturated heterocycles. The second-order valence-electron chi connectivity index (χ2n) is 13.5. The van der Waals surface area contributed by atoms with Gasteiger partial charge in [-0.15, -0.1) is 0 Å². The quantitative estimate of drug-likeness (QED) is 0.134. The topological polar surface area (TPSA) is 96.9 Å². The number of carbonyl (C=O) groups is 2. The molecular weight excluding hydrogens is 664 g/mol. The molecule has 2 aromatic heterocycles. The van der Waals surface area contributed by atoms with Crippen molar-refractivity contribution in [3.63, 3.8) is 0 Å². The minimum atomic E-state index is -0.963. The standard InChI is InChI=1S/C29H29FN4O.C12H14FNO3/c1-19-26(24-9-4-5-12-31-24)32-27-21(7-6-8-23(27)30)28(19)34-18-29(2,3)22-11-10-20(17-25(22)34)33-13-15-35-16-14-33;1-3-17-12(16)8(2)11(15)14-10-7-5-4-6-9(10)13/h4-12,17H,13-16,18H2,1-3H3;4-8H,3H2,1-2H3,(H,14,15). The SMILES string of the molecule is CCOC(=O)C(C)C(=O)Nc1ccccc1F.Cc1c(-c2ccccn2)nc2c(F)cccc2c1N1CC(C)(C)c2ccc(N3CCOCC3)cc21. The van der Waals surface area contributed by atoms with Gasteiger partial charge in [0.25, 0.3) is 0 Å². The molecule has 1 N–H and O–H groups in total. The van der Waals surface area contributed by atoms with Gasteiger partial charge in [-0.25, -0.2) is 13.8 Å². The fourth-order valence-electron chi connectivity index (χ4n) is 6.71. The molecule has 0 radical (unpaired) electrons. The van der Waals surface area contributed by atoms with Crippen molar-refractivity contribution in [2.45, 2.75) is 40.0 Å². The van der Waals surface area contributed by atoms with Gasteiger partial charge in [-0.1, -0.05) is 50.2 Å². The average molecular weight is 708 g/mol. The van der Waals surface area contributed by atoms with Crippen LogP contribution in [0.1, 0.15) is 38.8 Å². The van der Waals surface area contributed by atoms with E-state index in [1.165, 1.54) is 48.1 Å². The Hall–Kier alpha value is -5.42. The molecule has 1 atom stereocenters. The molecule has 0 aliphatic carbocycles. The van der Waals surface area contributed by atoms with Gasteiger partial charge >= 0.3 is 5.97 Å². The molecule has 1 fully saturated rings. The zero-order valence-corrected chi connectivity index (χ0v) is 30.1. The van der Waals surface area contributed by atoms with E-state index >= 15 is 4.39 Å². The summed E-state index contributed by atoms with van der Waals surface area (Å²) in [6, 6.07) is 23.5. The summed E-state index contributed by atoms with van der Waals surface area (Å²) in [6.07, 6.45) is 1.75. The molecular formula is C41H43F2N5O4. The number of nitrogens with zero attached hydrogens (tertiary/aromatic N) is 4. The lowest BCUT2D eigenvalue weighted by atomic mass is 9.87. The molecule has 7 rings (SSSR count). The number of fused-ring (bicyclic) bond motifs is 2. The van der Waals surface area contributed by atoms with E-state index in [4.69, 9.17) is 14.5 Å². The number of para-hydroxylation sites is 2. The molecule has 5 aromatic rings. The van der Waals surface area contributed by atoms with Gasteiger partial charge in [0, 0.05) is 53.6 Å². The first-order valence-corrected chi connectivity index (χ1v) is 17.5.